The molecule has 6 atom stereocenters. The predicted molar refractivity (Wildman–Crippen MR) is 155 cm³/mol. The van der Waals surface area contributed by atoms with Gasteiger partial charge in [-0.2, -0.15) is 8.78 Å². The molecule has 5 rings (SSSR count). The van der Waals surface area contributed by atoms with Gasteiger partial charge in [0.1, 0.15) is 29.6 Å². The number of benzene rings is 1. The van der Waals surface area contributed by atoms with Crippen LogP contribution in [0.3, 0.4) is 0 Å². The van der Waals surface area contributed by atoms with Gasteiger partial charge in [0, 0.05) is 31.4 Å². The van der Waals surface area contributed by atoms with Gasteiger partial charge < -0.3 is 29.2 Å². The number of hydrogen-bond acceptors (Lipinski definition) is 9. The molecule has 3 aliphatic rings. The number of methoxy groups -OCH3 is 1. The van der Waals surface area contributed by atoms with Crippen molar-refractivity contribution >= 4 is 28.8 Å². The van der Waals surface area contributed by atoms with E-state index in [1.165, 1.54) is 18.9 Å². The highest BCUT2D eigenvalue weighted by Gasteiger charge is 2.56. The van der Waals surface area contributed by atoms with Gasteiger partial charge in [-0.15, -0.1) is 0 Å². The number of ether oxygens (including phenoxy) is 4. The second-order valence-electron chi connectivity index (χ2n) is 13.3. The average molecular weight is 619 g/mol. The molecule has 2 fully saturated rings. The molecule has 13 heteroatoms. The van der Waals surface area contributed by atoms with E-state index in [4.69, 9.17) is 18.9 Å². The summed E-state index contributed by atoms with van der Waals surface area (Å²) in [5, 5.41) is 2.71. The van der Waals surface area contributed by atoms with Gasteiger partial charge in [0.2, 0.25) is 11.8 Å². The van der Waals surface area contributed by atoms with Crippen molar-refractivity contribution in [2.24, 2.45) is 11.3 Å². The zero-order chi connectivity index (χ0) is 32.2. The molecule has 2 bridgehead atoms. The summed E-state index contributed by atoms with van der Waals surface area (Å²) in [5.74, 6) is -4.76. The second-order valence-corrected chi connectivity index (χ2v) is 13.3. The summed E-state index contributed by atoms with van der Waals surface area (Å²) in [6, 6.07) is 2.74. The Morgan fingerprint density at radius 2 is 1.91 bits per heavy atom. The Bertz CT molecular complexity index is 1460. The van der Waals surface area contributed by atoms with E-state index >= 15 is 8.78 Å². The monoisotopic (exact) mass is 618 g/mol. The van der Waals surface area contributed by atoms with Crippen LogP contribution in [0.2, 0.25) is 0 Å². The number of amides is 2. The second kappa shape index (κ2) is 11.4. The lowest BCUT2D eigenvalue weighted by molar-refractivity contribution is -0.141. The molecule has 3 heterocycles. The molecule has 2 aliphatic heterocycles. The number of Topliss-reactive ketones (excluding diaryl/α,β-unsaturated/α-hetero) is 1. The van der Waals surface area contributed by atoms with E-state index < -0.39 is 71.3 Å². The minimum Gasteiger partial charge on any atom is -0.497 e. The Morgan fingerprint density at radius 3 is 2.57 bits per heavy atom. The number of nitrogens with zero attached hydrogens (tertiary/aromatic N) is 3. The number of nitrogens with one attached hydrogen (secondary N) is 1. The first-order valence-electron chi connectivity index (χ1n) is 14.9. The van der Waals surface area contributed by atoms with Crippen LogP contribution in [0.4, 0.5) is 13.6 Å². The molecule has 1 aromatic carbocycles. The number of aromatic nitrogens is 2. The highest BCUT2D eigenvalue weighted by molar-refractivity contribution is 5.92. The van der Waals surface area contributed by atoms with Crippen molar-refractivity contribution in [2.45, 2.75) is 96.6 Å². The van der Waals surface area contributed by atoms with E-state index in [0.29, 0.717) is 12.2 Å². The molecule has 240 valence electrons. The molecule has 1 N–H and O–H groups in total. The first kappa shape index (κ1) is 31.8. The molecule has 44 heavy (non-hydrogen) atoms. The summed E-state index contributed by atoms with van der Waals surface area (Å²) in [6.45, 7) is 10.1. The standard InChI is InChI=1S/C31H40F2N4O7/c1-16-21-15-37(23(16)17(2)38)27(39)25(29(3,4)5)36-28(40)44-30(6)14-22(30)42-12-8-11-31(32,33)24-26(43-21)35-20-13-18(41-7)9-10-19(20)34-24/h9-10,13,16,21-23,25H,8,11-12,14-15H2,1-7H3,(H,36,40)/t16-,21+,22-,23+,25-,30-/m1/s1. The van der Waals surface area contributed by atoms with E-state index in [-0.39, 0.29) is 42.3 Å². The smallest absolute Gasteiger partial charge is 0.408 e. The van der Waals surface area contributed by atoms with Crippen LogP contribution in [0.1, 0.15) is 66.5 Å². The number of halogens is 2. The van der Waals surface area contributed by atoms with Gasteiger partial charge in [-0.25, -0.2) is 14.8 Å². The Balaban J connectivity index is 1.58. The molecule has 0 spiro atoms. The van der Waals surface area contributed by atoms with Gasteiger partial charge in [-0.1, -0.05) is 27.7 Å². The van der Waals surface area contributed by atoms with Gasteiger partial charge in [-0.3, -0.25) is 9.59 Å². The molecular weight excluding hydrogens is 578 g/mol. The molecule has 0 unspecified atom stereocenters. The summed E-state index contributed by atoms with van der Waals surface area (Å²) in [4.78, 5) is 50.1. The summed E-state index contributed by atoms with van der Waals surface area (Å²) >= 11 is 0. The fourth-order valence-corrected chi connectivity index (χ4v) is 5.99. The lowest BCUT2D eigenvalue weighted by atomic mass is 9.85. The van der Waals surface area contributed by atoms with Gasteiger partial charge >= 0.3 is 6.09 Å². The number of alkyl halides is 2. The molecule has 2 aromatic rings. The zero-order valence-corrected chi connectivity index (χ0v) is 26.1. The van der Waals surface area contributed by atoms with Gasteiger partial charge in [0.15, 0.2) is 11.5 Å². The minimum atomic E-state index is -3.44. The number of rotatable bonds is 2. The summed E-state index contributed by atoms with van der Waals surface area (Å²) in [5.41, 5.74) is -1.83. The third-order valence-electron chi connectivity index (χ3n) is 8.71. The molecule has 1 saturated heterocycles. The van der Waals surface area contributed by atoms with Gasteiger partial charge in [-0.05, 0) is 37.8 Å². The highest BCUT2D eigenvalue weighted by atomic mass is 19.3. The third kappa shape index (κ3) is 6.15. The fraction of sp³-hybridized carbons (Fsp3) is 0.645. The number of fused-ring (bicyclic) bond motifs is 5. The lowest BCUT2D eigenvalue weighted by Gasteiger charge is -2.35. The van der Waals surface area contributed by atoms with Crippen LogP contribution in [0.25, 0.3) is 11.0 Å². The number of hydrogen-bond donors (Lipinski definition) is 1. The predicted octanol–water partition coefficient (Wildman–Crippen LogP) is 4.40. The van der Waals surface area contributed by atoms with E-state index in [0.717, 1.165) is 0 Å². The van der Waals surface area contributed by atoms with Crippen LogP contribution < -0.4 is 14.8 Å². The Hall–Kier alpha value is -3.61. The summed E-state index contributed by atoms with van der Waals surface area (Å²) < 4.78 is 54.6. The fourth-order valence-electron chi connectivity index (χ4n) is 5.99. The van der Waals surface area contributed by atoms with E-state index in [9.17, 15) is 14.4 Å². The number of carbonyl (C=O) groups is 3. The van der Waals surface area contributed by atoms with Crippen molar-refractivity contribution in [1.82, 2.24) is 20.2 Å². The molecule has 2 amide bonds. The highest BCUT2D eigenvalue weighted by Crippen LogP contribution is 2.44. The topological polar surface area (TPSA) is 129 Å². The maximum absolute atomic E-state index is 15.9. The maximum Gasteiger partial charge on any atom is 0.408 e. The van der Waals surface area contributed by atoms with E-state index in [1.807, 2.05) is 0 Å². The SMILES string of the molecule is COc1ccc2nc3c(nc2c1)O[C@H]1CN(C(=O)[C@H](C(C)(C)C)NC(=O)O[C@]2(C)C[C@H]2OCCCC3(F)F)[C@H](C(C)=O)[C@@H]1C. The minimum absolute atomic E-state index is 0.00579. The van der Waals surface area contributed by atoms with Crippen molar-refractivity contribution in [3.8, 4) is 11.6 Å². The van der Waals surface area contributed by atoms with E-state index in [2.05, 4.69) is 15.3 Å². The summed E-state index contributed by atoms with van der Waals surface area (Å²) in [7, 11) is 1.48. The van der Waals surface area contributed by atoms with Crippen molar-refractivity contribution in [3.63, 3.8) is 0 Å². The van der Waals surface area contributed by atoms with Crippen LogP contribution in [-0.4, -0.2) is 82.8 Å². The van der Waals surface area contributed by atoms with Crippen LogP contribution >= 0.6 is 0 Å². The van der Waals surface area contributed by atoms with Crippen molar-refractivity contribution in [3.05, 3.63) is 23.9 Å². The van der Waals surface area contributed by atoms with Crippen molar-refractivity contribution in [2.75, 3.05) is 20.3 Å². The molecule has 0 radical (unpaired) electrons. The van der Waals surface area contributed by atoms with Gasteiger partial charge in [0.25, 0.3) is 5.92 Å². The molecule has 1 aromatic heterocycles. The van der Waals surface area contributed by atoms with Crippen LogP contribution in [-0.2, 0) is 25.0 Å². The van der Waals surface area contributed by atoms with Crippen LogP contribution in [0.15, 0.2) is 18.2 Å². The van der Waals surface area contributed by atoms with Crippen LogP contribution in [0.5, 0.6) is 11.6 Å². The Morgan fingerprint density at radius 1 is 1.18 bits per heavy atom. The normalized spacial score (nSPS) is 31.0. The van der Waals surface area contributed by atoms with Gasteiger partial charge in [0.05, 0.1) is 30.7 Å². The molecular formula is C31H40F2N4O7. The first-order valence-corrected chi connectivity index (χ1v) is 14.9. The maximum atomic E-state index is 15.9. The largest absolute Gasteiger partial charge is 0.497 e. The van der Waals surface area contributed by atoms with Crippen molar-refractivity contribution < 1.29 is 42.1 Å². The number of carbonyl (C=O) groups excluding carboxylic acids is 3. The first-order chi connectivity index (χ1) is 20.5. The van der Waals surface area contributed by atoms with Crippen LogP contribution in [0, 0.1) is 11.3 Å². The quantitative estimate of drug-likeness (QED) is 0.521. The third-order valence-corrected chi connectivity index (χ3v) is 8.71. The molecule has 1 aliphatic carbocycles. The lowest BCUT2D eigenvalue weighted by Crippen LogP contribution is -2.57. The zero-order valence-electron chi connectivity index (χ0n) is 26.1. The summed E-state index contributed by atoms with van der Waals surface area (Å²) in [6.07, 6.45) is -2.36. The Labute approximate surface area is 255 Å². The number of alkyl carbamates (subject to hydrolysis) is 1. The van der Waals surface area contributed by atoms with Crippen molar-refractivity contribution in [1.29, 1.82) is 0 Å². The average Bonchev–Trinajstić information content (AvgIpc) is 3.45. The number of ketones is 1. The molecule has 1 saturated carbocycles. The van der Waals surface area contributed by atoms with E-state index in [1.54, 1.807) is 52.8 Å². The molecule has 11 nitrogen and oxygen atoms in total. The Kier molecular flexibility index (Phi) is 8.23.